The summed E-state index contributed by atoms with van der Waals surface area (Å²) in [6.45, 7) is 0. The molecular formula is C17H14N2O2S. The number of aromatic nitrogens is 2. The van der Waals surface area contributed by atoms with E-state index in [0.29, 0.717) is 5.69 Å². The first-order chi connectivity index (χ1) is 10.7. The summed E-state index contributed by atoms with van der Waals surface area (Å²) >= 11 is 1.64. The summed E-state index contributed by atoms with van der Waals surface area (Å²) in [7, 11) is 0. The molecule has 0 aliphatic heterocycles. The molecule has 1 aromatic heterocycles. The Morgan fingerprint density at radius 1 is 1.09 bits per heavy atom. The Labute approximate surface area is 132 Å². The van der Waals surface area contributed by atoms with E-state index in [1.807, 2.05) is 60.9 Å². The van der Waals surface area contributed by atoms with Crippen LogP contribution in [0, 0.1) is 0 Å². The van der Waals surface area contributed by atoms with Gasteiger partial charge in [-0.15, -0.1) is 11.8 Å². The molecule has 0 saturated heterocycles. The zero-order chi connectivity index (χ0) is 15.5. The monoisotopic (exact) mass is 310 g/mol. The van der Waals surface area contributed by atoms with Crippen LogP contribution in [0.1, 0.15) is 10.4 Å². The number of thioether (sulfide) groups is 1. The summed E-state index contributed by atoms with van der Waals surface area (Å²) in [5, 5.41) is 13.9. The van der Waals surface area contributed by atoms with E-state index in [0.717, 1.165) is 16.1 Å². The first kappa shape index (κ1) is 14.4. The van der Waals surface area contributed by atoms with Crippen LogP contribution in [0.2, 0.25) is 0 Å². The normalized spacial score (nSPS) is 10.6. The predicted molar refractivity (Wildman–Crippen MR) is 87.7 cm³/mol. The van der Waals surface area contributed by atoms with E-state index in [4.69, 9.17) is 0 Å². The number of carbonyl (C=O) groups is 1. The van der Waals surface area contributed by atoms with Crippen LogP contribution in [0.4, 0.5) is 0 Å². The lowest BCUT2D eigenvalue weighted by Gasteiger charge is -2.01. The molecule has 3 rings (SSSR count). The van der Waals surface area contributed by atoms with Gasteiger partial charge in [0.15, 0.2) is 0 Å². The standard InChI is InChI=1S/C17H14N2O2S/c1-22-14-9-7-12(8-10-14)16-15(17(20)21)11-19(18-16)13-5-3-2-4-6-13/h2-11H,1H3,(H,20,21). The van der Waals surface area contributed by atoms with Gasteiger partial charge in [0.25, 0.3) is 0 Å². The van der Waals surface area contributed by atoms with Gasteiger partial charge in [0.05, 0.1) is 5.69 Å². The molecule has 0 spiro atoms. The summed E-state index contributed by atoms with van der Waals surface area (Å²) in [6, 6.07) is 17.2. The van der Waals surface area contributed by atoms with Gasteiger partial charge >= 0.3 is 5.97 Å². The first-order valence-corrected chi connectivity index (χ1v) is 7.94. The van der Waals surface area contributed by atoms with Crippen LogP contribution in [0.5, 0.6) is 0 Å². The maximum absolute atomic E-state index is 11.5. The molecular weight excluding hydrogens is 296 g/mol. The second-order valence-corrected chi connectivity index (χ2v) is 5.58. The van der Waals surface area contributed by atoms with Gasteiger partial charge in [0.2, 0.25) is 0 Å². The van der Waals surface area contributed by atoms with E-state index in [-0.39, 0.29) is 5.56 Å². The van der Waals surface area contributed by atoms with Crippen molar-refractivity contribution in [2.24, 2.45) is 0 Å². The van der Waals surface area contributed by atoms with Crippen molar-refractivity contribution in [3.63, 3.8) is 0 Å². The SMILES string of the molecule is CSc1ccc(-c2nn(-c3ccccc3)cc2C(=O)O)cc1. The molecule has 0 radical (unpaired) electrons. The number of carboxylic acid groups (broad SMARTS) is 1. The number of hydrogen-bond donors (Lipinski definition) is 1. The number of para-hydroxylation sites is 1. The summed E-state index contributed by atoms with van der Waals surface area (Å²) in [4.78, 5) is 12.6. The van der Waals surface area contributed by atoms with Crippen molar-refractivity contribution in [2.75, 3.05) is 6.26 Å². The van der Waals surface area contributed by atoms with Crippen molar-refractivity contribution in [3.8, 4) is 16.9 Å². The molecule has 1 N–H and O–H groups in total. The number of hydrogen-bond acceptors (Lipinski definition) is 3. The number of rotatable bonds is 4. The maximum Gasteiger partial charge on any atom is 0.339 e. The van der Waals surface area contributed by atoms with Crippen LogP contribution >= 0.6 is 11.8 Å². The Morgan fingerprint density at radius 2 is 1.77 bits per heavy atom. The second kappa shape index (κ2) is 6.07. The number of carboxylic acids is 1. The van der Waals surface area contributed by atoms with Crippen LogP contribution in [-0.2, 0) is 0 Å². The Balaban J connectivity index is 2.09. The average Bonchev–Trinajstić information content (AvgIpc) is 3.01. The van der Waals surface area contributed by atoms with Crippen LogP contribution in [0.25, 0.3) is 16.9 Å². The lowest BCUT2D eigenvalue weighted by molar-refractivity contribution is 0.0697. The fraction of sp³-hybridized carbons (Fsp3) is 0.0588. The zero-order valence-corrected chi connectivity index (χ0v) is 12.7. The van der Waals surface area contributed by atoms with Crippen LogP contribution < -0.4 is 0 Å². The molecule has 0 unspecified atom stereocenters. The van der Waals surface area contributed by atoms with Crippen molar-refractivity contribution in [1.29, 1.82) is 0 Å². The Bertz CT molecular complexity index is 795. The summed E-state index contributed by atoms with van der Waals surface area (Å²) in [5.74, 6) is -0.980. The number of benzene rings is 2. The van der Waals surface area contributed by atoms with Crippen molar-refractivity contribution in [3.05, 3.63) is 66.4 Å². The molecule has 0 saturated carbocycles. The zero-order valence-electron chi connectivity index (χ0n) is 11.9. The van der Waals surface area contributed by atoms with Crippen LogP contribution in [0.15, 0.2) is 65.7 Å². The van der Waals surface area contributed by atoms with Gasteiger partial charge in [-0.2, -0.15) is 5.10 Å². The fourth-order valence-electron chi connectivity index (χ4n) is 2.21. The summed E-state index contributed by atoms with van der Waals surface area (Å²) < 4.78 is 1.60. The first-order valence-electron chi connectivity index (χ1n) is 6.72. The van der Waals surface area contributed by atoms with E-state index in [1.54, 1.807) is 22.6 Å². The van der Waals surface area contributed by atoms with Crippen LogP contribution in [0.3, 0.4) is 0 Å². The molecule has 110 valence electrons. The third-order valence-electron chi connectivity index (χ3n) is 3.33. The van der Waals surface area contributed by atoms with Gasteiger partial charge in [0.1, 0.15) is 11.3 Å². The molecule has 0 fully saturated rings. The van der Waals surface area contributed by atoms with Crippen molar-refractivity contribution in [2.45, 2.75) is 4.90 Å². The Hall–Kier alpha value is -2.53. The third kappa shape index (κ3) is 2.76. The molecule has 1 heterocycles. The van der Waals surface area contributed by atoms with Crippen molar-refractivity contribution < 1.29 is 9.90 Å². The highest BCUT2D eigenvalue weighted by atomic mass is 32.2. The Kier molecular flexibility index (Phi) is 3.98. The van der Waals surface area contributed by atoms with E-state index >= 15 is 0 Å². The highest BCUT2D eigenvalue weighted by molar-refractivity contribution is 7.98. The average molecular weight is 310 g/mol. The minimum Gasteiger partial charge on any atom is -0.478 e. The second-order valence-electron chi connectivity index (χ2n) is 4.71. The molecule has 0 atom stereocenters. The van der Waals surface area contributed by atoms with Gasteiger partial charge < -0.3 is 5.11 Å². The quantitative estimate of drug-likeness (QED) is 0.741. The van der Waals surface area contributed by atoms with E-state index < -0.39 is 5.97 Å². The van der Waals surface area contributed by atoms with Gasteiger partial charge in [-0.25, -0.2) is 9.48 Å². The van der Waals surface area contributed by atoms with E-state index in [1.165, 1.54) is 0 Å². The highest BCUT2D eigenvalue weighted by Gasteiger charge is 2.17. The molecule has 0 aliphatic carbocycles. The predicted octanol–water partition coefficient (Wildman–Crippen LogP) is 3.96. The minimum absolute atomic E-state index is 0.195. The van der Waals surface area contributed by atoms with Gasteiger partial charge in [-0.3, -0.25) is 0 Å². The molecule has 22 heavy (non-hydrogen) atoms. The molecule has 0 amide bonds. The van der Waals surface area contributed by atoms with Gasteiger partial charge in [0, 0.05) is 16.7 Å². The summed E-state index contributed by atoms with van der Waals surface area (Å²) in [6.07, 6.45) is 3.55. The number of aromatic carboxylic acids is 1. The molecule has 5 heteroatoms. The van der Waals surface area contributed by atoms with Crippen molar-refractivity contribution >= 4 is 17.7 Å². The highest BCUT2D eigenvalue weighted by Crippen LogP contribution is 2.26. The fourth-order valence-corrected chi connectivity index (χ4v) is 2.61. The minimum atomic E-state index is -0.980. The third-order valence-corrected chi connectivity index (χ3v) is 4.07. The molecule has 0 bridgehead atoms. The molecule has 4 nitrogen and oxygen atoms in total. The topological polar surface area (TPSA) is 55.1 Å². The smallest absolute Gasteiger partial charge is 0.339 e. The summed E-state index contributed by atoms with van der Waals surface area (Å²) in [5.41, 5.74) is 2.30. The van der Waals surface area contributed by atoms with E-state index in [9.17, 15) is 9.90 Å². The van der Waals surface area contributed by atoms with Gasteiger partial charge in [-0.05, 0) is 30.5 Å². The van der Waals surface area contributed by atoms with Gasteiger partial charge in [-0.1, -0.05) is 30.3 Å². The van der Waals surface area contributed by atoms with Crippen LogP contribution in [-0.4, -0.2) is 27.1 Å². The lowest BCUT2D eigenvalue weighted by Crippen LogP contribution is -1.96. The molecule has 0 aliphatic rings. The van der Waals surface area contributed by atoms with E-state index in [2.05, 4.69) is 5.10 Å². The molecule has 3 aromatic rings. The lowest BCUT2D eigenvalue weighted by atomic mass is 10.1. The molecule has 2 aromatic carbocycles. The van der Waals surface area contributed by atoms with Crippen molar-refractivity contribution in [1.82, 2.24) is 9.78 Å². The Morgan fingerprint density at radius 3 is 2.36 bits per heavy atom. The largest absolute Gasteiger partial charge is 0.478 e. The maximum atomic E-state index is 11.5. The number of nitrogens with zero attached hydrogens (tertiary/aromatic N) is 2.